The van der Waals surface area contributed by atoms with Gasteiger partial charge in [-0.15, -0.1) is 11.8 Å². The van der Waals surface area contributed by atoms with Crippen LogP contribution in [0.1, 0.15) is 23.4 Å². The summed E-state index contributed by atoms with van der Waals surface area (Å²) in [7, 11) is 1.88. The SMILES string of the molecule is CSc1ccc(NC(=O)COC(=O)CCc2c(C)nn(C)c2C)cc1. The van der Waals surface area contributed by atoms with Gasteiger partial charge in [0.25, 0.3) is 5.91 Å². The van der Waals surface area contributed by atoms with Gasteiger partial charge in [0.05, 0.1) is 5.69 Å². The molecule has 0 saturated carbocycles. The van der Waals surface area contributed by atoms with E-state index in [0.717, 1.165) is 21.8 Å². The lowest BCUT2D eigenvalue weighted by atomic mass is 10.1. The molecule has 25 heavy (non-hydrogen) atoms. The number of aromatic nitrogens is 2. The molecule has 134 valence electrons. The van der Waals surface area contributed by atoms with E-state index < -0.39 is 5.97 Å². The molecule has 1 N–H and O–H groups in total. The van der Waals surface area contributed by atoms with Crippen LogP contribution in [-0.2, 0) is 27.8 Å². The zero-order chi connectivity index (χ0) is 18.4. The van der Waals surface area contributed by atoms with Crippen molar-refractivity contribution in [2.45, 2.75) is 31.6 Å². The Morgan fingerprint density at radius 3 is 2.48 bits per heavy atom. The Morgan fingerprint density at radius 1 is 1.24 bits per heavy atom. The molecule has 0 bridgehead atoms. The van der Waals surface area contributed by atoms with Crippen LogP contribution in [0.5, 0.6) is 0 Å². The lowest BCUT2D eigenvalue weighted by Gasteiger charge is -2.07. The molecular formula is C18H23N3O3S. The van der Waals surface area contributed by atoms with E-state index in [-0.39, 0.29) is 18.9 Å². The minimum Gasteiger partial charge on any atom is -0.456 e. The summed E-state index contributed by atoms with van der Waals surface area (Å²) in [5.74, 6) is -0.741. The van der Waals surface area contributed by atoms with Gasteiger partial charge in [-0.25, -0.2) is 0 Å². The summed E-state index contributed by atoms with van der Waals surface area (Å²) in [5.41, 5.74) is 3.69. The quantitative estimate of drug-likeness (QED) is 0.606. The molecular weight excluding hydrogens is 338 g/mol. The van der Waals surface area contributed by atoms with Gasteiger partial charge in [0, 0.05) is 29.7 Å². The van der Waals surface area contributed by atoms with Crippen LogP contribution in [0.2, 0.25) is 0 Å². The Morgan fingerprint density at radius 2 is 1.92 bits per heavy atom. The van der Waals surface area contributed by atoms with E-state index in [1.54, 1.807) is 16.4 Å². The average Bonchev–Trinajstić information content (AvgIpc) is 2.84. The van der Waals surface area contributed by atoms with Crippen molar-refractivity contribution in [1.82, 2.24) is 9.78 Å². The number of thioether (sulfide) groups is 1. The topological polar surface area (TPSA) is 73.2 Å². The Hall–Kier alpha value is -2.28. The monoisotopic (exact) mass is 361 g/mol. The molecule has 0 fully saturated rings. The first kappa shape index (κ1) is 19.1. The van der Waals surface area contributed by atoms with E-state index in [1.807, 2.05) is 51.4 Å². The van der Waals surface area contributed by atoms with Crippen molar-refractivity contribution >= 4 is 29.3 Å². The second kappa shape index (κ2) is 8.71. The Kier molecular flexibility index (Phi) is 6.64. The van der Waals surface area contributed by atoms with Gasteiger partial charge >= 0.3 is 5.97 Å². The first-order chi connectivity index (χ1) is 11.9. The predicted octanol–water partition coefficient (Wildman–Crippen LogP) is 2.87. The molecule has 7 heteroatoms. The van der Waals surface area contributed by atoms with Gasteiger partial charge in [-0.2, -0.15) is 5.10 Å². The highest BCUT2D eigenvalue weighted by Gasteiger charge is 2.13. The molecule has 0 aliphatic rings. The molecule has 0 unspecified atom stereocenters. The first-order valence-electron chi connectivity index (χ1n) is 7.99. The molecule has 0 aliphatic heterocycles. The number of hydrogen-bond acceptors (Lipinski definition) is 5. The highest BCUT2D eigenvalue weighted by atomic mass is 32.2. The highest BCUT2D eigenvalue weighted by Crippen LogP contribution is 2.17. The van der Waals surface area contributed by atoms with E-state index in [4.69, 9.17) is 4.74 Å². The Balaban J connectivity index is 1.76. The number of nitrogens with one attached hydrogen (secondary N) is 1. The molecule has 0 atom stereocenters. The van der Waals surface area contributed by atoms with Crippen molar-refractivity contribution in [3.8, 4) is 0 Å². The average molecular weight is 361 g/mol. The first-order valence-corrected chi connectivity index (χ1v) is 9.21. The molecule has 0 radical (unpaired) electrons. The lowest BCUT2D eigenvalue weighted by Crippen LogP contribution is -2.21. The molecule has 1 aromatic carbocycles. The summed E-state index contributed by atoms with van der Waals surface area (Å²) in [6.45, 7) is 3.61. The van der Waals surface area contributed by atoms with Crippen molar-refractivity contribution in [3.63, 3.8) is 0 Å². The number of carbonyl (C=O) groups excluding carboxylic acids is 2. The number of anilines is 1. The van der Waals surface area contributed by atoms with E-state index in [9.17, 15) is 9.59 Å². The van der Waals surface area contributed by atoms with Crippen molar-refractivity contribution in [3.05, 3.63) is 41.2 Å². The number of rotatable bonds is 7. The number of carbonyl (C=O) groups is 2. The van der Waals surface area contributed by atoms with Crippen molar-refractivity contribution < 1.29 is 14.3 Å². The van der Waals surface area contributed by atoms with E-state index >= 15 is 0 Å². The van der Waals surface area contributed by atoms with Crippen molar-refractivity contribution in [2.24, 2.45) is 7.05 Å². The number of benzene rings is 1. The van der Waals surface area contributed by atoms with Gasteiger partial charge in [-0.1, -0.05) is 0 Å². The van der Waals surface area contributed by atoms with Gasteiger partial charge in [-0.3, -0.25) is 14.3 Å². The van der Waals surface area contributed by atoms with E-state index in [2.05, 4.69) is 10.4 Å². The molecule has 1 aromatic heterocycles. The number of nitrogens with zero attached hydrogens (tertiary/aromatic N) is 2. The zero-order valence-electron chi connectivity index (χ0n) is 15.0. The number of aryl methyl sites for hydroxylation is 2. The van der Waals surface area contributed by atoms with Gasteiger partial charge in [0.15, 0.2) is 6.61 Å². The molecule has 6 nitrogen and oxygen atoms in total. The smallest absolute Gasteiger partial charge is 0.306 e. The number of esters is 1. The van der Waals surface area contributed by atoms with Crippen LogP contribution in [0.25, 0.3) is 0 Å². The number of ether oxygens (including phenoxy) is 1. The summed E-state index contributed by atoms with van der Waals surface area (Å²) >= 11 is 1.63. The molecule has 0 aliphatic carbocycles. The summed E-state index contributed by atoms with van der Waals surface area (Å²) in [6, 6.07) is 7.48. The number of amides is 1. The second-order valence-corrected chi connectivity index (χ2v) is 6.59. The molecule has 0 spiro atoms. The van der Waals surface area contributed by atoms with Crippen molar-refractivity contribution in [1.29, 1.82) is 0 Å². The molecule has 0 saturated heterocycles. The lowest BCUT2D eigenvalue weighted by molar-refractivity contribution is -0.147. The molecule has 2 rings (SSSR count). The third kappa shape index (κ3) is 5.35. The summed E-state index contributed by atoms with van der Waals surface area (Å²) < 4.78 is 6.84. The number of hydrogen-bond donors (Lipinski definition) is 1. The third-order valence-corrected chi connectivity index (χ3v) is 4.72. The maximum absolute atomic E-state index is 11.9. The molecule has 1 amide bonds. The minimum atomic E-state index is -0.393. The zero-order valence-corrected chi connectivity index (χ0v) is 15.8. The summed E-state index contributed by atoms with van der Waals surface area (Å²) in [5, 5.41) is 7.03. The van der Waals surface area contributed by atoms with Gasteiger partial charge in [-0.05, 0) is 56.4 Å². The van der Waals surface area contributed by atoms with E-state index in [0.29, 0.717) is 12.1 Å². The van der Waals surface area contributed by atoms with Crippen molar-refractivity contribution in [2.75, 3.05) is 18.2 Å². The molecule has 2 aromatic rings. The minimum absolute atomic E-state index is 0.225. The third-order valence-electron chi connectivity index (χ3n) is 3.98. The van der Waals surface area contributed by atoms with Crippen LogP contribution >= 0.6 is 11.8 Å². The second-order valence-electron chi connectivity index (χ2n) is 5.71. The maximum atomic E-state index is 11.9. The fourth-order valence-electron chi connectivity index (χ4n) is 2.50. The normalized spacial score (nSPS) is 10.6. The van der Waals surface area contributed by atoms with Crippen LogP contribution in [0.4, 0.5) is 5.69 Å². The molecule has 1 heterocycles. The maximum Gasteiger partial charge on any atom is 0.306 e. The van der Waals surface area contributed by atoms with Gasteiger partial charge in [0.2, 0.25) is 0 Å². The Bertz CT molecular complexity index is 754. The largest absolute Gasteiger partial charge is 0.456 e. The fraction of sp³-hybridized carbons (Fsp3) is 0.389. The predicted molar refractivity (Wildman–Crippen MR) is 98.8 cm³/mol. The fourth-order valence-corrected chi connectivity index (χ4v) is 2.90. The van der Waals surface area contributed by atoms with Crippen LogP contribution in [0.15, 0.2) is 29.2 Å². The van der Waals surface area contributed by atoms with Gasteiger partial charge < -0.3 is 10.1 Å². The highest BCUT2D eigenvalue weighted by molar-refractivity contribution is 7.98. The summed E-state index contributed by atoms with van der Waals surface area (Å²) in [6.07, 6.45) is 2.77. The van der Waals surface area contributed by atoms with Gasteiger partial charge in [0.1, 0.15) is 0 Å². The Labute approximate surface area is 151 Å². The van der Waals surface area contributed by atoms with Crippen LogP contribution in [0, 0.1) is 13.8 Å². The standard InChI is InChI=1S/C18H23N3O3S/c1-12-16(13(2)21(3)20-12)9-10-18(23)24-11-17(22)19-14-5-7-15(25-4)8-6-14/h5-8H,9-11H2,1-4H3,(H,19,22). The van der Waals surface area contributed by atoms with Crippen LogP contribution in [0.3, 0.4) is 0 Å². The van der Waals surface area contributed by atoms with Crippen LogP contribution in [-0.4, -0.2) is 34.5 Å². The summed E-state index contributed by atoms with van der Waals surface area (Å²) in [4.78, 5) is 24.8. The van der Waals surface area contributed by atoms with Crippen LogP contribution < -0.4 is 5.32 Å². The van der Waals surface area contributed by atoms with E-state index in [1.165, 1.54) is 0 Å².